The largest absolute Gasteiger partial charge is 0.398 e. The first-order valence-corrected chi connectivity index (χ1v) is 19.9. The van der Waals surface area contributed by atoms with E-state index in [1.165, 1.54) is 49.1 Å². The summed E-state index contributed by atoms with van der Waals surface area (Å²) in [5, 5.41) is 27.3. The molecule has 0 fully saturated rings. The second-order valence-corrected chi connectivity index (χ2v) is 14.0. The number of aliphatic hydroxyl groups excluding tert-OH is 2. The van der Waals surface area contributed by atoms with Crippen molar-refractivity contribution in [3.05, 3.63) is 136 Å². The predicted molar refractivity (Wildman–Crippen MR) is 230 cm³/mol. The number of carbonyl (C=O) groups is 2. The molecular formula is C39H32Br2Cl3F2N7O4. The molecule has 6 aromatic rings. The highest BCUT2D eigenvalue weighted by molar-refractivity contribution is 9.09. The molecule has 0 amide bonds. The number of aliphatic hydroxyl groups is 2. The molecule has 11 nitrogen and oxygen atoms in total. The van der Waals surface area contributed by atoms with Gasteiger partial charge in [0.05, 0.1) is 34.3 Å². The summed E-state index contributed by atoms with van der Waals surface area (Å²) in [4.78, 5) is 38.8. The third kappa shape index (κ3) is 13.2. The molecule has 2 heterocycles. The van der Waals surface area contributed by atoms with Crippen molar-refractivity contribution < 1.29 is 28.6 Å². The fourth-order valence-corrected chi connectivity index (χ4v) is 5.81. The first kappa shape index (κ1) is 45.1. The Morgan fingerprint density at radius 2 is 1.19 bits per heavy atom. The van der Waals surface area contributed by atoms with Crippen molar-refractivity contribution in [1.29, 1.82) is 0 Å². The molecule has 0 aliphatic heterocycles. The number of nitrogens with zero attached hydrogens (tertiary/aromatic N) is 4. The summed E-state index contributed by atoms with van der Waals surface area (Å²) < 4.78 is 26.6. The lowest BCUT2D eigenvalue weighted by atomic mass is 9.99. The van der Waals surface area contributed by atoms with E-state index in [0.717, 1.165) is 0 Å². The first-order valence-electron chi connectivity index (χ1n) is 16.5. The van der Waals surface area contributed by atoms with Crippen molar-refractivity contribution in [2.45, 2.75) is 19.6 Å². The third-order valence-corrected chi connectivity index (χ3v) is 9.11. The lowest BCUT2D eigenvalue weighted by Crippen LogP contribution is -2.04. The van der Waals surface area contributed by atoms with Crippen LogP contribution in [-0.4, -0.2) is 51.8 Å². The molecule has 6 N–H and O–H groups in total. The molecule has 57 heavy (non-hydrogen) atoms. The van der Waals surface area contributed by atoms with Gasteiger partial charge in [-0.1, -0.05) is 67.2 Å². The molecule has 0 bridgehead atoms. The molecule has 0 saturated carbocycles. The Kier molecular flexibility index (Phi) is 17.7. The highest BCUT2D eigenvalue weighted by atomic mass is 79.9. The topological polar surface area (TPSA) is 176 Å². The van der Waals surface area contributed by atoms with Gasteiger partial charge in [0, 0.05) is 50.5 Å². The molecule has 0 atom stereocenters. The van der Waals surface area contributed by atoms with Gasteiger partial charge in [0.25, 0.3) is 0 Å². The van der Waals surface area contributed by atoms with Gasteiger partial charge in [-0.15, -0.1) is 0 Å². The highest BCUT2D eigenvalue weighted by Gasteiger charge is 2.13. The summed E-state index contributed by atoms with van der Waals surface area (Å²) in [5.41, 5.74) is 10.7. The first-order chi connectivity index (χ1) is 27.4. The minimum atomic E-state index is -0.510. The van der Waals surface area contributed by atoms with Crippen molar-refractivity contribution in [2.75, 3.05) is 27.0 Å². The Morgan fingerprint density at radius 3 is 1.65 bits per heavy atom. The van der Waals surface area contributed by atoms with E-state index in [4.69, 9.17) is 40.5 Å². The van der Waals surface area contributed by atoms with Crippen LogP contribution >= 0.6 is 66.7 Å². The summed E-state index contributed by atoms with van der Waals surface area (Å²) in [7, 11) is 0. The maximum absolute atomic E-state index is 13.4. The molecule has 4 aromatic carbocycles. The number of allylic oxidation sites excluding steroid dienone is 4. The molecule has 0 aliphatic rings. The third-order valence-electron chi connectivity index (χ3n) is 7.65. The maximum atomic E-state index is 13.4. The molecule has 0 spiro atoms. The summed E-state index contributed by atoms with van der Waals surface area (Å²) in [6.45, 7) is -0.372. The van der Waals surface area contributed by atoms with E-state index < -0.39 is 16.9 Å². The van der Waals surface area contributed by atoms with Gasteiger partial charge in [0.1, 0.15) is 35.9 Å². The van der Waals surface area contributed by atoms with Crippen LogP contribution in [0.15, 0.2) is 97.6 Å². The summed E-state index contributed by atoms with van der Waals surface area (Å²) in [6.07, 6.45) is 9.09. The monoisotopic (exact) mass is 963 g/mol. The van der Waals surface area contributed by atoms with Crippen molar-refractivity contribution in [3.8, 4) is 0 Å². The molecule has 6 rings (SSSR count). The number of hydrogen-bond donors (Lipinski definition) is 5. The Labute approximate surface area is 357 Å². The second-order valence-electron chi connectivity index (χ2n) is 11.5. The number of ketones is 1. The van der Waals surface area contributed by atoms with E-state index >= 15 is 0 Å². The van der Waals surface area contributed by atoms with E-state index in [9.17, 15) is 28.6 Å². The zero-order valence-corrected chi connectivity index (χ0v) is 34.9. The number of aromatic nitrogens is 4. The smallest absolute Gasteiger partial charge is 0.244 e. The summed E-state index contributed by atoms with van der Waals surface area (Å²) in [5.74, 6) is -0.0721. The predicted octanol–water partition coefficient (Wildman–Crippen LogP) is 9.66. The van der Waals surface area contributed by atoms with Crippen molar-refractivity contribution in [1.82, 2.24) is 19.9 Å². The highest BCUT2D eigenvalue weighted by Crippen LogP contribution is 2.30. The average Bonchev–Trinajstić information content (AvgIpc) is 3.19. The number of carbonyl (C=O) groups excluding carboxylic acids is 2. The molecule has 296 valence electrons. The van der Waals surface area contributed by atoms with Crippen LogP contribution in [0, 0.1) is 11.6 Å². The Bertz CT molecular complexity index is 2450. The molecule has 0 unspecified atom stereocenters. The van der Waals surface area contributed by atoms with Crippen LogP contribution in [0.3, 0.4) is 0 Å². The maximum Gasteiger partial charge on any atom is 0.244 e. The van der Waals surface area contributed by atoms with Crippen LogP contribution in [0.25, 0.3) is 21.8 Å². The van der Waals surface area contributed by atoms with E-state index in [0.29, 0.717) is 77.9 Å². The number of nitrogens with two attached hydrogens (primary N) is 1. The number of nitrogens with one attached hydrogen (secondary N) is 2. The Morgan fingerprint density at radius 1 is 0.702 bits per heavy atom. The zero-order valence-electron chi connectivity index (χ0n) is 29.5. The summed E-state index contributed by atoms with van der Waals surface area (Å²) >= 11 is 22.8. The second kappa shape index (κ2) is 22.4. The fraction of sp³-hybridized carbons (Fsp3) is 0.128. The number of anilines is 5. The van der Waals surface area contributed by atoms with Crippen LogP contribution in [0.2, 0.25) is 10.0 Å². The van der Waals surface area contributed by atoms with Gasteiger partial charge in [-0.2, -0.15) is 0 Å². The van der Waals surface area contributed by atoms with Gasteiger partial charge in [-0.3, -0.25) is 9.59 Å². The van der Waals surface area contributed by atoms with E-state index in [1.807, 2.05) is 0 Å². The SMILES string of the molecule is Nc1cc2c(Nc3ccc(F)c(Cl)c3)ncnc2cc1CO.O=C(/C=C/CBr)Cc1cc2c(Nc3ccc(F)c(Cl)c3)ncnc2cc1CO.O=C(Cl)/C=C/CBr. The normalized spacial score (nSPS) is 11.0. The van der Waals surface area contributed by atoms with Gasteiger partial charge < -0.3 is 26.6 Å². The van der Waals surface area contributed by atoms with Crippen LogP contribution in [0.1, 0.15) is 16.7 Å². The van der Waals surface area contributed by atoms with Gasteiger partial charge in [0.15, 0.2) is 5.78 Å². The molecular weight excluding hydrogens is 935 g/mol. The quantitative estimate of drug-likeness (QED) is 0.0342. The van der Waals surface area contributed by atoms with E-state index in [2.05, 4.69) is 62.4 Å². The molecule has 2 aromatic heterocycles. The van der Waals surface area contributed by atoms with Crippen LogP contribution < -0.4 is 16.4 Å². The van der Waals surface area contributed by atoms with Crippen LogP contribution in [-0.2, 0) is 29.2 Å². The lowest BCUT2D eigenvalue weighted by molar-refractivity contribution is -0.114. The van der Waals surface area contributed by atoms with Gasteiger partial charge in [-0.05, 0) is 95.5 Å². The van der Waals surface area contributed by atoms with Gasteiger partial charge in [0.2, 0.25) is 5.24 Å². The van der Waals surface area contributed by atoms with Gasteiger partial charge in [-0.25, -0.2) is 28.7 Å². The van der Waals surface area contributed by atoms with Crippen molar-refractivity contribution in [3.63, 3.8) is 0 Å². The van der Waals surface area contributed by atoms with Crippen molar-refractivity contribution in [2.24, 2.45) is 0 Å². The minimum absolute atomic E-state index is 0.00390. The minimum Gasteiger partial charge on any atom is -0.398 e. The number of nitrogen functional groups attached to an aromatic ring is 1. The molecule has 0 saturated heterocycles. The standard InChI is InChI=1S/C20H16BrClFN3O2.C15H12ClFN4O.C4H4BrClO/c21-5-1-2-15(28)6-12-7-16-19(8-13(12)10-27)24-11-25-20(16)26-14-3-4-18(23)17(22)9-14;16-11-4-9(1-2-12(11)17)21-15-10-5-13(18)8(6-22)3-14(10)19-7-20-15;5-3-1-2-4(6)7/h1-4,7-9,11,27H,5-6,10H2,(H,24,25,26);1-5,7,22H,6,18H2,(H,19,20,21);1-2H,3H2/b2-1+;;2-1+. The Hall–Kier alpha value is -4.61. The number of hydrogen-bond acceptors (Lipinski definition) is 11. The zero-order chi connectivity index (χ0) is 41.5. The van der Waals surface area contributed by atoms with Crippen LogP contribution in [0.4, 0.5) is 37.5 Å². The summed E-state index contributed by atoms with van der Waals surface area (Å²) in [6, 6.07) is 15.5. The van der Waals surface area contributed by atoms with E-state index in [-0.39, 0.29) is 35.5 Å². The molecule has 0 aliphatic carbocycles. The number of rotatable bonds is 12. The molecule has 0 radical (unpaired) electrons. The number of alkyl halides is 2. The molecule has 18 heteroatoms. The number of fused-ring (bicyclic) bond motifs is 2. The van der Waals surface area contributed by atoms with E-state index in [1.54, 1.807) is 48.6 Å². The van der Waals surface area contributed by atoms with Crippen molar-refractivity contribution >= 4 is 128 Å². The van der Waals surface area contributed by atoms with Gasteiger partial charge >= 0.3 is 0 Å². The average molecular weight is 967 g/mol. The van der Waals surface area contributed by atoms with Crippen LogP contribution in [0.5, 0.6) is 0 Å². The lowest BCUT2D eigenvalue weighted by Gasteiger charge is -2.12. The number of benzene rings is 4. The Balaban J connectivity index is 0.000000221. The fourth-order valence-electron chi connectivity index (χ4n) is 4.98. The number of halogens is 7.